The van der Waals surface area contributed by atoms with Crippen LogP contribution in [0.15, 0.2) is 52.9 Å². The monoisotopic (exact) mass is 434 g/mol. The Hall–Kier alpha value is -3.31. The van der Waals surface area contributed by atoms with Crippen molar-refractivity contribution in [1.29, 1.82) is 0 Å². The van der Waals surface area contributed by atoms with E-state index in [1.165, 1.54) is 5.56 Å². The molecule has 3 aromatic carbocycles. The Morgan fingerprint density at radius 2 is 1.81 bits per heavy atom. The Labute approximate surface area is 186 Å². The van der Waals surface area contributed by atoms with E-state index in [9.17, 15) is 4.79 Å². The third-order valence-electron chi connectivity index (χ3n) is 5.15. The van der Waals surface area contributed by atoms with E-state index in [1.807, 2.05) is 58.0 Å². The molecule has 31 heavy (non-hydrogen) atoms. The summed E-state index contributed by atoms with van der Waals surface area (Å²) in [6.07, 6.45) is 0. The lowest BCUT2D eigenvalue weighted by molar-refractivity contribution is -0.118. The minimum Gasteiger partial charge on any atom is -0.484 e. The molecule has 5 nitrogen and oxygen atoms in total. The zero-order valence-electron chi connectivity index (χ0n) is 17.9. The highest BCUT2D eigenvalue weighted by Crippen LogP contribution is 2.33. The molecule has 1 amide bonds. The first-order chi connectivity index (χ1) is 14.8. The van der Waals surface area contributed by atoms with Crippen molar-refractivity contribution in [3.05, 3.63) is 75.8 Å². The predicted octanol–water partition coefficient (Wildman–Crippen LogP) is 6.40. The van der Waals surface area contributed by atoms with Gasteiger partial charge in [0.15, 0.2) is 12.2 Å². The van der Waals surface area contributed by atoms with E-state index >= 15 is 0 Å². The molecule has 1 N–H and O–H groups in total. The van der Waals surface area contributed by atoms with Crippen LogP contribution in [-0.2, 0) is 4.79 Å². The normalized spacial score (nSPS) is 11.0. The average Bonchev–Trinajstić information content (AvgIpc) is 3.14. The number of aryl methyl sites for hydroxylation is 4. The van der Waals surface area contributed by atoms with Gasteiger partial charge in [-0.2, -0.15) is 0 Å². The van der Waals surface area contributed by atoms with Crippen LogP contribution in [-0.4, -0.2) is 17.5 Å². The smallest absolute Gasteiger partial charge is 0.262 e. The lowest BCUT2D eigenvalue weighted by Crippen LogP contribution is -2.20. The molecule has 4 rings (SSSR count). The summed E-state index contributed by atoms with van der Waals surface area (Å²) < 4.78 is 11.6. The first-order valence-electron chi connectivity index (χ1n) is 9.98. The predicted molar refractivity (Wildman–Crippen MR) is 124 cm³/mol. The number of carbonyl (C=O) groups is 1. The molecular weight excluding hydrogens is 412 g/mol. The minimum absolute atomic E-state index is 0.0954. The van der Waals surface area contributed by atoms with E-state index in [4.69, 9.17) is 20.8 Å². The van der Waals surface area contributed by atoms with E-state index in [2.05, 4.69) is 10.3 Å². The molecule has 0 saturated heterocycles. The number of amides is 1. The number of oxazole rings is 1. The summed E-state index contributed by atoms with van der Waals surface area (Å²) in [5.74, 6) is 0.805. The standard InChI is InChI=1S/C25H23ClN2O3/c1-14-9-17(4)24-22(10-14)28-25(31-24)20-12-18(6-8-21(20)26)27-23(29)13-30-19-7-5-15(2)16(3)11-19/h5-12H,13H2,1-4H3,(H,27,29). The van der Waals surface area contributed by atoms with E-state index in [0.717, 1.165) is 27.8 Å². The molecule has 0 unspecified atom stereocenters. The van der Waals surface area contributed by atoms with Gasteiger partial charge in [-0.1, -0.05) is 23.7 Å². The summed E-state index contributed by atoms with van der Waals surface area (Å²) in [4.78, 5) is 17.0. The second-order valence-corrected chi connectivity index (χ2v) is 8.13. The summed E-state index contributed by atoms with van der Waals surface area (Å²) >= 11 is 6.40. The highest BCUT2D eigenvalue weighted by atomic mass is 35.5. The number of rotatable bonds is 5. The number of aromatic nitrogens is 1. The molecule has 6 heteroatoms. The van der Waals surface area contributed by atoms with E-state index in [-0.39, 0.29) is 12.5 Å². The number of carbonyl (C=O) groups excluding carboxylic acids is 1. The van der Waals surface area contributed by atoms with Crippen molar-refractivity contribution < 1.29 is 13.9 Å². The Kier molecular flexibility index (Phi) is 5.70. The fourth-order valence-electron chi connectivity index (χ4n) is 3.41. The lowest BCUT2D eigenvalue weighted by Gasteiger charge is -2.10. The molecular formula is C25H23ClN2O3. The first-order valence-corrected chi connectivity index (χ1v) is 10.4. The number of halogens is 1. The number of fused-ring (bicyclic) bond motifs is 1. The maximum atomic E-state index is 12.4. The van der Waals surface area contributed by atoms with Crippen LogP contribution in [0.25, 0.3) is 22.6 Å². The summed E-state index contributed by atoms with van der Waals surface area (Å²) in [6.45, 7) is 7.94. The topological polar surface area (TPSA) is 64.4 Å². The van der Waals surface area contributed by atoms with Gasteiger partial charge in [-0.25, -0.2) is 4.98 Å². The summed E-state index contributed by atoms with van der Waals surface area (Å²) in [5, 5.41) is 3.33. The average molecular weight is 435 g/mol. The number of nitrogens with zero attached hydrogens (tertiary/aromatic N) is 1. The van der Waals surface area contributed by atoms with Crippen LogP contribution in [0, 0.1) is 27.7 Å². The van der Waals surface area contributed by atoms with Gasteiger partial charge < -0.3 is 14.5 Å². The first kappa shape index (κ1) is 20.9. The molecule has 0 fully saturated rings. The molecule has 0 radical (unpaired) electrons. The van der Waals surface area contributed by atoms with Crippen molar-refractivity contribution in [2.45, 2.75) is 27.7 Å². The molecule has 0 atom stereocenters. The highest BCUT2D eigenvalue weighted by Gasteiger charge is 2.15. The van der Waals surface area contributed by atoms with Crippen molar-refractivity contribution in [3.63, 3.8) is 0 Å². The van der Waals surface area contributed by atoms with Gasteiger partial charge in [0.1, 0.15) is 11.3 Å². The van der Waals surface area contributed by atoms with E-state index in [0.29, 0.717) is 27.9 Å². The van der Waals surface area contributed by atoms with Gasteiger partial charge in [-0.15, -0.1) is 0 Å². The van der Waals surface area contributed by atoms with Crippen LogP contribution in [0.3, 0.4) is 0 Å². The second kappa shape index (κ2) is 8.44. The van der Waals surface area contributed by atoms with Crippen molar-refractivity contribution >= 4 is 34.3 Å². The van der Waals surface area contributed by atoms with Crippen LogP contribution in [0.4, 0.5) is 5.69 Å². The Bertz CT molecular complexity index is 1290. The van der Waals surface area contributed by atoms with Crippen LogP contribution >= 0.6 is 11.6 Å². The third kappa shape index (κ3) is 4.57. The molecule has 0 aliphatic heterocycles. The summed E-state index contributed by atoms with van der Waals surface area (Å²) in [7, 11) is 0. The Balaban J connectivity index is 1.52. The van der Waals surface area contributed by atoms with Gasteiger partial charge in [0.25, 0.3) is 5.91 Å². The fourth-order valence-corrected chi connectivity index (χ4v) is 3.61. The molecule has 158 valence electrons. The quantitative estimate of drug-likeness (QED) is 0.394. The number of anilines is 1. The molecule has 4 aromatic rings. The van der Waals surface area contributed by atoms with Crippen molar-refractivity contribution in [2.75, 3.05) is 11.9 Å². The van der Waals surface area contributed by atoms with Crippen LogP contribution in [0.1, 0.15) is 22.3 Å². The minimum atomic E-state index is -0.268. The zero-order valence-corrected chi connectivity index (χ0v) is 18.6. The zero-order chi connectivity index (χ0) is 22.1. The van der Waals surface area contributed by atoms with Gasteiger partial charge in [0, 0.05) is 5.69 Å². The van der Waals surface area contributed by atoms with E-state index in [1.54, 1.807) is 18.2 Å². The maximum Gasteiger partial charge on any atom is 0.262 e. The lowest BCUT2D eigenvalue weighted by atomic mass is 10.1. The van der Waals surface area contributed by atoms with Crippen molar-refractivity contribution in [1.82, 2.24) is 4.98 Å². The second-order valence-electron chi connectivity index (χ2n) is 7.73. The van der Waals surface area contributed by atoms with Gasteiger partial charge in [0.2, 0.25) is 5.89 Å². The largest absolute Gasteiger partial charge is 0.484 e. The summed E-state index contributed by atoms with van der Waals surface area (Å²) in [5.41, 5.74) is 7.12. The number of benzene rings is 3. The van der Waals surface area contributed by atoms with Gasteiger partial charge in [0.05, 0.1) is 10.6 Å². The van der Waals surface area contributed by atoms with Crippen LogP contribution < -0.4 is 10.1 Å². The third-order valence-corrected chi connectivity index (χ3v) is 5.48. The molecule has 0 bridgehead atoms. The van der Waals surface area contributed by atoms with Crippen molar-refractivity contribution in [2.24, 2.45) is 0 Å². The Morgan fingerprint density at radius 3 is 2.58 bits per heavy atom. The number of nitrogens with one attached hydrogen (secondary N) is 1. The summed E-state index contributed by atoms with van der Waals surface area (Å²) in [6, 6.07) is 15.0. The highest BCUT2D eigenvalue weighted by molar-refractivity contribution is 6.33. The molecule has 1 heterocycles. The number of ether oxygens (including phenoxy) is 1. The number of hydrogen-bond donors (Lipinski definition) is 1. The molecule has 1 aromatic heterocycles. The SMILES string of the molecule is Cc1cc(C)c2oc(-c3cc(NC(=O)COc4ccc(C)c(C)c4)ccc3Cl)nc2c1. The number of hydrogen-bond acceptors (Lipinski definition) is 4. The van der Waals surface area contributed by atoms with Gasteiger partial charge in [-0.05, 0) is 86.3 Å². The fraction of sp³-hybridized carbons (Fsp3) is 0.200. The van der Waals surface area contributed by atoms with Gasteiger partial charge in [-0.3, -0.25) is 4.79 Å². The van der Waals surface area contributed by atoms with Crippen molar-refractivity contribution in [3.8, 4) is 17.2 Å². The van der Waals surface area contributed by atoms with Crippen LogP contribution in [0.5, 0.6) is 5.75 Å². The molecule has 0 aliphatic carbocycles. The molecule has 0 saturated carbocycles. The Morgan fingerprint density at radius 1 is 1.00 bits per heavy atom. The van der Waals surface area contributed by atoms with Crippen LogP contribution in [0.2, 0.25) is 5.02 Å². The van der Waals surface area contributed by atoms with E-state index < -0.39 is 0 Å². The van der Waals surface area contributed by atoms with Gasteiger partial charge >= 0.3 is 0 Å². The maximum absolute atomic E-state index is 12.4. The molecule has 0 spiro atoms. The molecule has 0 aliphatic rings.